The maximum absolute atomic E-state index is 12.7. The number of amides is 2. The summed E-state index contributed by atoms with van der Waals surface area (Å²) in [6.07, 6.45) is -4.72. The van der Waals surface area contributed by atoms with Crippen LogP contribution in [0, 0.1) is 0 Å². The van der Waals surface area contributed by atoms with Gasteiger partial charge in [-0.15, -0.1) is 0 Å². The zero-order valence-corrected chi connectivity index (χ0v) is 12.4. The van der Waals surface area contributed by atoms with Crippen LogP contribution in [-0.2, 0) is 6.42 Å². The van der Waals surface area contributed by atoms with Crippen molar-refractivity contribution in [3.05, 3.63) is 34.9 Å². The number of benzene rings is 1. The fourth-order valence-corrected chi connectivity index (χ4v) is 2.53. The van der Waals surface area contributed by atoms with E-state index in [1.54, 1.807) is 18.2 Å². The molecule has 4 nitrogen and oxygen atoms in total. The normalized spacial score (nSPS) is 22.0. The smallest absolute Gasteiger partial charge is 0.379 e. The van der Waals surface area contributed by atoms with Gasteiger partial charge in [0.2, 0.25) is 0 Å². The van der Waals surface area contributed by atoms with Crippen LogP contribution in [0.2, 0.25) is 5.02 Å². The Hall–Kier alpha value is -1.47. The van der Waals surface area contributed by atoms with E-state index >= 15 is 0 Å². The fourth-order valence-electron chi connectivity index (χ4n) is 2.32. The number of aliphatic hydroxyl groups is 1. The molecule has 1 atom stereocenters. The molecule has 1 heterocycles. The highest BCUT2D eigenvalue weighted by molar-refractivity contribution is 6.30. The van der Waals surface area contributed by atoms with Crippen molar-refractivity contribution in [2.24, 2.45) is 0 Å². The predicted octanol–water partition coefficient (Wildman–Crippen LogP) is 2.59. The van der Waals surface area contributed by atoms with E-state index in [0.29, 0.717) is 11.4 Å². The van der Waals surface area contributed by atoms with Crippen molar-refractivity contribution in [2.45, 2.75) is 24.6 Å². The first-order valence-electron chi connectivity index (χ1n) is 6.78. The summed E-state index contributed by atoms with van der Waals surface area (Å²) in [7, 11) is 0. The van der Waals surface area contributed by atoms with Crippen molar-refractivity contribution < 1.29 is 23.1 Å². The maximum Gasteiger partial charge on any atom is 0.419 e. The largest absolute Gasteiger partial charge is 0.419 e. The molecule has 1 aliphatic heterocycles. The van der Waals surface area contributed by atoms with Gasteiger partial charge in [-0.1, -0.05) is 23.7 Å². The second-order valence-corrected chi connectivity index (χ2v) is 5.75. The molecule has 1 fully saturated rings. The van der Waals surface area contributed by atoms with Gasteiger partial charge in [0.25, 0.3) is 0 Å². The lowest BCUT2D eigenvalue weighted by molar-refractivity contribution is -0.253. The molecule has 8 heteroatoms. The molecular formula is C14H16ClF3N2O2. The Labute approximate surface area is 130 Å². The molecule has 0 saturated carbocycles. The third kappa shape index (κ3) is 3.84. The zero-order chi connectivity index (χ0) is 16.4. The Morgan fingerprint density at radius 3 is 2.77 bits per heavy atom. The molecule has 1 aliphatic rings. The van der Waals surface area contributed by atoms with Crippen LogP contribution in [0.3, 0.4) is 0 Å². The van der Waals surface area contributed by atoms with Gasteiger partial charge in [-0.25, -0.2) is 4.79 Å². The van der Waals surface area contributed by atoms with Gasteiger partial charge in [0.1, 0.15) is 0 Å². The SMILES string of the molecule is O=C(NCCc1cccc(Cl)c1)N1CCC(O)(C(F)(F)F)C1. The van der Waals surface area contributed by atoms with E-state index in [1.807, 2.05) is 6.07 Å². The molecule has 1 aromatic carbocycles. The number of hydrogen-bond acceptors (Lipinski definition) is 2. The molecule has 0 aromatic heterocycles. The van der Waals surface area contributed by atoms with Gasteiger partial charge in [-0.3, -0.25) is 0 Å². The number of nitrogens with zero attached hydrogens (tertiary/aromatic N) is 1. The predicted molar refractivity (Wildman–Crippen MR) is 75.7 cm³/mol. The molecule has 1 saturated heterocycles. The maximum atomic E-state index is 12.7. The monoisotopic (exact) mass is 336 g/mol. The van der Waals surface area contributed by atoms with E-state index in [1.165, 1.54) is 0 Å². The second kappa shape index (κ2) is 6.34. The summed E-state index contributed by atoms with van der Waals surface area (Å²) < 4.78 is 38.0. The molecule has 0 spiro atoms. The van der Waals surface area contributed by atoms with E-state index in [0.717, 1.165) is 10.5 Å². The number of urea groups is 1. The highest BCUT2D eigenvalue weighted by Gasteiger charge is 2.57. The Balaban J connectivity index is 1.82. The third-order valence-electron chi connectivity index (χ3n) is 3.64. The first-order chi connectivity index (χ1) is 10.2. The summed E-state index contributed by atoms with van der Waals surface area (Å²) in [5, 5.41) is 12.6. The highest BCUT2D eigenvalue weighted by Crippen LogP contribution is 2.37. The molecule has 2 rings (SSSR count). The first kappa shape index (κ1) is 16.9. The van der Waals surface area contributed by atoms with Gasteiger partial charge in [-0.2, -0.15) is 13.2 Å². The molecular weight excluding hydrogens is 321 g/mol. The quantitative estimate of drug-likeness (QED) is 0.891. The van der Waals surface area contributed by atoms with Crippen molar-refractivity contribution in [2.75, 3.05) is 19.6 Å². The lowest BCUT2D eigenvalue weighted by atomic mass is 10.0. The molecule has 1 aromatic rings. The first-order valence-corrected chi connectivity index (χ1v) is 7.15. The number of β-amino-alcohol motifs (C(OH)–C–C–N with tert-alkyl or cyclic N) is 1. The Bertz CT molecular complexity index is 553. The van der Waals surface area contributed by atoms with Crippen LogP contribution in [0.1, 0.15) is 12.0 Å². The summed E-state index contributed by atoms with van der Waals surface area (Å²) >= 11 is 5.83. The summed E-state index contributed by atoms with van der Waals surface area (Å²) in [6, 6.07) is 6.50. The number of nitrogens with one attached hydrogen (secondary N) is 1. The van der Waals surface area contributed by atoms with E-state index in [4.69, 9.17) is 11.6 Å². The Morgan fingerprint density at radius 2 is 2.18 bits per heavy atom. The standard InChI is InChI=1S/C14H16ClF3N2O2/c15-11-3-1-2-10(8-11)4-6-19-12(21)20-7-5-13(22,9-20)14(16,17)18/h1-3,8,22H,4-7,9H2,(H,19,21). The van der Waals surface area contributed by atoms with E-state index in [2.05, 4.69) is 5.32 Å². The number of alkyl halides is 3. The molecule has 22 heavy (non-hydrogen) atoms. The average Bonchev–Trinajstić information content (AvgIpc) is 2.82. The summed E-state index contributed by atoms with van der Waals surface area (Å²) in [5.74, 6) is 0. The molecule has 0 aliphatic carbocycles. The van der Waals surface area contributed by atoms with Crippen molar-refractivity contribution in [3.8, 4) is 0 Å². The molecule has 2 amide bonds. The number of hydrogen-bond donors (Lipinski definition) is 2. The third-order valence-corrected chi connectivity index (χ3v) is 3.88. The van der Waals surface area contributed by atoms with Crippen LogP contribution in [0.4, 0.5) is 18.0 Å². The van der Waals surface area contributed by atoms with Gasteiger partial charge >= 0.3 is 12.2 Å². The number of carbonyl (C=O) groups excluding carboxylic acids is 1. The van der Waals surface area contributed by atoms with Crippen LogP contribution in [0.5, 0.6) is 0 Å². The van der Waals surface area contributed by atoms with Crippen molar-refractivity contribution >= 4 is 17.6 Å². The van der Waals surface area contributed by atoms with Crippen molar-refractivity contribution in [1.82, 2.24) is 10.2 Å². The summed E-state index contributed by atoms with van der Waals surface area (Å²) in [6.45, 7) is -0.585. The van der Waals surface area contributed by atoms with Gasteiger partial charge in [0.15, 0.2) is 5.60 Å². The molecule has 0 radical (unpaired) electrons. The number of halogens is 4. The zero-order valence-electron chi connectivity index (χ0n) is 11.7. The van der Waals surface area contributed by atoms with Crippen LogP contribution in [0.25, 0.3) is 0 Å². The van der Waals surface area contributed by atoms with Crippen LogP contribution in [-0.4, -0.2) is 47.4 Å². The van der Waals surface area contributed by atoms with E-state index in [9.17, 15) is 23.1 Å². The summed E-state index contributed by atoms with van der Waals surface area (Å²) in [5.41, 5.74) is -1.89. The fraction of sp³-hybridized carbons (Fsp3) is 0.500. The minimum Gasteiger partial charge on any atom is -0.379 e. The summed E-state index contributed by atoms with van der Waals surface area (Å²) in [4.78, 5) is 12.8. The van der Waals surface area contributed by atoms with Gasteiger partial charge < -0.3 is 15.3 Å². The lowest BCUT2D eigenvalue weighted by Crippen LogP contribution is -2.49. The molecule has 1 unspecified atom stereocenters. The topological polar surface area (TPSA) is 52.6 Å². The number of carbonyl (C=O) groups is 1. The second-order valence-electron chi connectivity index (χ2n) is 5.31. The number of rotatable bonds is 3. The highest BCUT2D eigenvalue weighted by atomic mass is 35.5. The minimum absolute atomic E-state index is 0.126. The van der Waals surface area contributed by atoms with Gasteiger partial charge in [-0.05, 0) is 24.1 Å². The Kier molecular flexibility index (Phi) is 4.87. The Morgan fingerprint density at radius 1 is 1.45 bits per heavy atom. The minimum atomic E-state index is -4.73. The van der Waals surface area contributed by atoms with Crippen LogP contribution in [0.15, 0.2) is 24.3 Å². The number of likely N-dealkylation sites (tertiary alicyclic amines) is 1. The van der Waals surface area contributed by atoms with Crippen molar-refractivity contribution in [3.63, 3.8) is 0 Å². The van der Waals surface area contributed by atoms with Crippen LogP contribution >= 0.6 is 11.6 Å². The molecule has 2 N–H and O–H groups in total. The van der Waals surface area contributed by atoms with Crippen LogP contribution < -0.4 is 5.32 Å². The van der Waals surface area contributed by atoms with Gasteiger partial charge in [0.05, 0.1) is 6.54 Å². The molecule has 0 bridgehead atoms. The van der Waals surface area contributed by atoms with E-state index in [-0.39, 0.29) is 13.1 Å². The van der Waals surface area contributed by atoms with Crippen molar-refractivity contribution in [1.29, 1.82) is 0 Å². The van der Waals surface area contributed by atoms with Gasteiger partial charge in [0, 0.05) is 24.5 Å². The average molecular weight is 337 g/mol. The molecule has 122 valence electrons. The lowest BCUT2D eigenvalue weighted by Gasteiger charge is -2.25. The van der Waals surface area contributed by atoms with E-state index < -0.39 is 30.8 Å².